The molecule has 2 N–H and O–H groups in total. The van der Waals surface area contributed by atoms with Crippen LogP contribution in [0.4, 0.5) is 0 Å². The molecule has 26 heavy (non-hydrogen) atoms. The van der Waals surface area contributed by atoms with Crippen molar-refractivity contribution in [3.05, 3.63) is 64.8 Å². The van der Waals surface area contributed by atoms with E-state index < -0.39 is 10.0 Å². The Bertz CT molecular complexity index is 1120. The van der Waals surface area contributed by atoms with Crippen LogP contribution in [-0.4, -0.2) is 13.4 Å². The van der Waals surface area contributed by atoms with Crippen molar-refractivity contribution in [3.63, 3.8) is 0 Å². The average Bonchev–Trinajstić information content (AvgIpc) is 3.01. The first-order chi connectivity index (χ1) is 12.5. The highest BCUT2D eigenvalue weighted by molar-refractivity contribution is 7.89. The highest BCUT2D eigenvalue weighted by atomic mass is 32.2. The minimum atomic E-state index is -3.65. The van der Waals surface area contributed by atoms with Crippen LogP contribution in [0, 0.1) is 18.3 Å². The van der Waals surface area contributed by atoms with Crippen LogP contribution >= 0.6 is 0 Å². The summed E-state index contributed by atoms with van der Waals surface area (Å²) in [6.07, 6.45) is 2.65. The van der Waals surface area contributed by atoms with Crippen LogP contribution in [0.1, 0.15) is 41.3 Å². The van der Waals surface area contributed by atoms with E-state index >= 15 is 0 Å². The van der Waals surface area contributed by atoms with Gasteiger partial charge < -0.3 is 4.98 Å². The summed E-state index contributed by atoms with van der Waals surface area (Å²) in [4.78, 5) is 3.59. The number of fused-ring (bicyclic) bond motifs is 3. The second kappa shape index (κ2) is 6.27. The molecule has 0 radical (unpaired) electrons. The quantitative estimate of drug-likeness (QED) is 0.742. The molecule has 6 heteroatoms. The number of rotatable bonds is 3. The van der Waals surface area contributed by atoms with Gasteiger partial charge in [-0.2, -0.15) is 5.26 Å². The molecule has 0 spiro atoms. The van der Waals surface area contributed by atoms with Gasteiger partial charge in [-0.25, -0.2) is 13.1 Å². The summed E-state index contributed by atoms with van der Waals surface area (Å²) in [7, 11) is -3.65. The Hall–Kier alpha value is -2.62. The van der Waals surface area contributed by atoms with Gasteiger partial charge in [0.2, 0.25) is 10.0 Å². The summed E-state index contributed by atoms with van der Waals surface area (Å²) < 4.78 is 28.4. The Balaban J connectivity index is 1.69. The van der Waals surface area contributed by atoms with Crippen LogP contribution in [0.3, 0.4) is 0 Å². The number of nitriles is 1. The largest absolute Gasteiger partial charge is 0.357 e. The fraction of sp³-hybridized carbons (Fsp3) is 0.250. The summed E-state index contributed by atoms with van der Waals surface area (Å²) in [5.41, 5.74) is 4.86. The molecule has 1 aliphatic rings. The summed E-state index contributed by atoms with van der Waals surface area (Å²) in [5.74, 6) is 0. The lowest BCUT2D eigenvalue weighted by atomic mass is 9.92. The van der Waals surface area contributed by atoms with E-state index in [2.05, 4.69) is 34.8 Å². The van der Waals surface area contributed by atoms with Gasteiger partial charge in [0.05, 0.1) is 22.6 Å². The molecule has 1 unspecified atom stereocenters. The van der Waals surface area contributed by atoms with Crippen molar-refractivity contribution in [1.82, 2.24) is 9.71 Å². The lowest BCUT2D eigenvalue weighted by Gasteiger charge is -2.23. The standard InChI is InChI=1S/C20H19N3O2S/c1-13-5-10-18-17(11-13)16-3-2-4-19(20(16)22-18)23-26(24,25)15-8-6-14(12-21)7-9-15/h5-11,19,22-23H,2-4H2,1H3. The van der Waals surface area contributed by atoms with Crippen molar-refractivity contribution in [2.24, 2.45) is 0 Å². The van der Waals surface area contributed by atoms with Gasteiger partial charge in [-0.05, 0) is 68.1 Å². The molecule has 1 heterocycles. The third-order valence-electron chi connectivity index (χ3n) is 4.95. The predicted octanol–water partition coefficient (Wildman–Crippen LogP) is 3.70. The summed E-state index contributed by atoms with van der Waals surface area (Å²) in [6, 6.07) is 14.0. The number of aromatic nitrogens is 1. The Morgan fingerprint density at radius 1 is 1.19 bits per heavy atom. The Kier molecular flexibility index (Phi) is 4.06. The highest BCUT2D eigenvalue weighted by Crippen LogP contribution is 2.35. The normalized spacial score (nSPS) is 17.0. The van der Waals surface area contributed by atoms with Gasteiger partial charge in [0.15, 0.2) is 0 Å². The number of hydrogen-bond donors (Lipinski definition) is 2. The smallest absolute Gasteiger partial charge is 0.241 e. The van der Waals surface area contributed by atoms with Gasteiger partial charge in [0, 0.05) is 16.6 Å². The van der Waals surface area contributed by atoms with Crippen LogP contribution in [0.5, 0.6) is 0 Å². The number of nitrogens with one attached hydrogen (secondary N) is 2. The van der Waals surface area contributed by atoms with Crippen molar-refractivity contribution >= 4 is 20.9 Å². The van der Waals surface area contributed by atoms with Crippen LogP contribution in [0.2, 0.25) is 0 Å². The molecule has 4 rings (SSSR count). The summed E-state index contributed by atoms with van der Waals surface area (Å²) in [5, 5.41) is 10.1. The first-order valence-electron chi connectivity index (χ1n) is 8.61. The van der Waals surface area contributed by atoms with E-state index in [1.54, 1.807) is 0 Å². The Morgan fingerprint density at radius 3 is 2.69 bits per heavy atom. The van der Waals surface area contributed by atoms with Crippen LogP contribution in [-0.2, 0) is 16.4 Å². The molecule has 0 fully saturated rings. The van der Waals surface area contributed by atoms with Gasteiger partial charge >= 0.3 is 0 Å². The van der Waals surface area contributed by atoms with Gasteiger partial charge in [-0.15, -0.1) is 0 Å². The van der Waals surface area contributed by atoms with E-state index in [0.717, 1.165) is 30.5 Å². The number of benzene rings is 2. The lowest BCUT2D eigenvalue weighted by Crippen LogP contribution is -2.31. The molecule has 0 saturated heterocycles. The number of aromatic amines is 1. The molecular weight excluding hydrogens is 346 g/mol. The number of hydrogen-bond acceptors (Lipinski definition) is 3. The minimum Gasteiger partial charge on any atom is -0.357 e. The maximum absolute atomic E-state index is 12.8. The fourth-order valence-corrected chi connectivity index (χ4v) is 4.90. The molecule has 1 aliphatic carbocycles. The molecule has 1 aromatic heterocycles. The van der Waals surface area contributed by atoms with Crippen molar-refractivity contribution < 1.29 is 8.42 Å². The van der Waals surface area contributed by atoms with E-state index in [-0.39, 0.29) is 10.9 Å². The van der Waals surface area contributed by atoms with Crippen molar-refractivity contribution in [1.29, 1.82) is 5.26 Å². The zero-order valence-corrected chi connectivity index (χ0v) is 15.2. The van der Waals surface area contributed by atoms with E-state index in [0.29, 0.717) is 5.56 Å². The molecule has 2 aromatic carbocycles. The monoisotopic (exact) mass is 365 g/mol. The summed E-state index contributed by atoms with van der Waals surface area (Å²) >= 11 is 0. The Morgan fingerprint density at radius 2 is 1.96 bits per heavy atom. The third kappa shape index (κ3) is 2.90. The maximum Gasteiger partial charge on any atom is 0.241 e. The van der Waals surface area contributed by atoms with Crippen molar-refractivity contribution in [2.75, 3.05) is 0 Å². The molecule has 0 bridgehead atoms. The van der Waals surface area contributed by atoms with Crippen LogP contribution in [0.25, 0.3) is 10.9 Å². The molecule has 3 aromatic rings. The van der Waals surface area contributed by atoms with Crippen LogP contribution < -0.4 is 4.72 Å². The van der Waals surface area contributed by atoms with E-state index in [1.807, 2.05) is 6.07 Å². The second-order valence-electron chi connectivity index (χ2n) is 6.77. The first kappa shape index (κ1) is 16.8. The summed E-state index contributed by atoms with van der Waals surface area (Å²) in [6.45, 7) is 2.06. The van der Waals surface area contributed by atoms with Gasteiger partial charge in [-0.1, -0.05) is 11.6 Å². The molecule has 0 aliphatic heterocycles. The Labute approximate surface area is 152 Å². The van der Waals surface area contributed by atoms with Crippen molar-refractivity contribution in [2.45, 2.75) is 37.1 Å². The minimum absolute atomic E-state index is 0.176. The van der Waals surface area contributed by atoms with Crippen molar-refractivity contribution in [3.8, 4) is 6.07 Å². The van der Waals surface area contributed by atoms with E-state index in [4.69, 9.17) is 5.26 Å². The zero-order valence-electron chi connectivity index (χ0n) is 14.4. The first-order valence-corrected chi connectivity index (χ1v) is 10.1. The third-order valence-corrected chi connectivity index (χ3v) is 6.44. The molecule has 0 amide bonds. The number of aryl methyl sites for hydroxylation is 2. The maximum atomic E-state index is 12.8. The molecule has 1 atom stereocenters. The number of sulfonamides is 1. The SMILES string of the molecule is Cc1ccc2[nH]c3c(c2c1)CCCC3NS(=O)(=O)c1ccc(C#N)cc1. The van der Waals surface area contributed by atoms with E-state index in [9.17, 15) is 8.42 Å². The molecule has 132 valence electrons. The fourth-order valence-electron chi connectivity index (χ4n) is 3.66. The highest BCUT2D eigenvalue weighted by Gasteiger charge is 2.28. The average molecular weight is 365 g/mol. The molecule has 5 nitrogen and oxygen atoms in total. The molecule has 0 saturated carbocycles. The topological polar surface area (TPSA) is 85.8 Å². The van der Waals surface area contributed by atoms with Gasteiger partial charge in [0.25, 0.3) is 0 Å². The second-order valence-corrected chi connectivity index (χ2v) is 8.48. The number of H-pyrrole nitrogens is 1. The number of nitrogens with zero attached hydrogens (tertiary/aromatic N) is 1. The zero-order chi connectivity index (χ0) is 18.3. The lowest BCUT2D eigenvalue weighted by molar-refractivity contribution is 0.501. The van der Waals surface area contributed by atoms with Gasteiger partial charge in [-0.3, -0.25) is 0 Å². The molecular formula is C20H19N3O2S. The predicted molar refractivity (Wildman–Crippen MR) is 100 cm³/mol. The van der Waals surface area contributed by atoms with E-state index in [1.165, 1.54) is 40.8 Å². The van der Waals surface area contributed by atoms with Crippen LogP contribution in [0.15, 0.2) is 47.4 Å². The van der Waals surface area contributed by atoms with Gasteiger partial charge in [0.1, 0.15) is 0 Å².